The summed E-state index contributed by atoms with van der Waals surface area (Å²) in [6.45, 7) is 10.1. The summed E-state index contributed by atoms with van der Waals surface area (Å²) in [5.74, 6) is -0.253. The molecule has 0 saturated carbocycles. The summed E-state index contributed by atoms with van der Waals surface area (Å²) >= 11 is 1.47. The molecule has 1 amide bonds. The van der Waals surface area contributed by atoms with Crippen molar-refractivity contribution in [2.45, 2.75) is 24.8 Å². The molecule has 0 bridgehead atoms. The average Bonchev–Trinajstić information content (AvgIpc) is 3.35. The highest BCUT2D eigenvalue weighted by Gasteiger charge is 2.25. The lowest BCUT2D eigenvalue weighted by Crippen LogP contribution is -2.32. The zero-order valence-electron chi connectivity index (χ0n) is 20.7. The van der Waals surface area contributed by atoms with E-state index in [1.54, 1.807) is 17.0 Å². The molecule has 0 radical (unpaired) electrons. The Bertz CT molecular complexity index is 1500. The molecule has 0 N–H and O–H groups in total. The van der Waals surface area contributed by atoms with Crippen LogP contribution in [0.5, 0.6) is 0 Å². The molecule has 1 heterocycles. The quantitative estimate of drug-likeness (QED) is 0.220. The third kappa shape index (κ3) is 5.88. The van der Waals surface area contributed by atoms with E-state index in [0.29, 0.717) is 17.2 Å². The zero-order valence-corrected chi connectivity index (χ0v) is 22.3. The summed E-state index contributed by atoms with van der Waals surface area (Å²) < 4.78 is 28.4. The molecule has 0 aliphatic heterocycles. The van der Waals surface area contributed by atoms with Gasteiger partial charge < -0.3 is 0 Å². The van der Waals surface area contributed by atoms with Crippen molar-refractivity contribution in [2.24, 2.45) is 0 Å². The van der Waals surface area contributed by atoms with Crippen molar-refractivity contribution in [2.75, 3.05) is 18.0 Å². The van der Waals surface area contributed by atoms with E-state index < -0.39 is 10.0 Å². The normalized spacial score (nSPS) is 11.5. The molecule has 37 heavy (non-hydrogen) atoms. The number of carbonyl (C=O) groups is 1. The molecule has 4 rings (SSSR count). The lowest BCUT2D eigenvalue weighted by Gasteiger charge is -2.21. The first kappa shape index (κ1) is 26.5. The Balaban J connectivity index is 1.69. The number of carbonyl (C=O) groups excluding carboxylic acids is 1. The number of amides is 1. The summed E-state index contributed by atoms with van der Waals surface area (Å²) in [6, 6.07) is 21.9. The van der Waals surface area contributed by atoms with Crippen LogP contribution in [-0.4, -0.2) is 36.7 Å². The second kappa shape index (κ2) is 11.6. The fourth-order valence-corrected chi connectivity index (χ4v) is 6.33. The van der Waals surface area contributed by atoms with E-state index in [9.17, 15) is 13.2 Å². The maximum Gasteiger partial charge on any atom is 0.260 e. The van der Waals surface area contributed by atoms with Crippen molar-refractivity contribution in [1.82, 2.24) is 9.29 Å². The van der Waals surface area contributed by atoms with Crippen LogP contribution in [0.4, 0.5) is 5.13 Å². The van der Waals surface area contributed by atoms with Crippen LogP contribution < -0.4 is 4.90 Å². The number of nitrogens with zero attached hydrogens (tertiary/aromatic N) is 3. The van der Waals surface area contributed by atoms with Gasteiger partial charge in [-0.1, -0.05) is 66.8 Å². The molecular weight excluding hydrogens is 502 g/mol. The van der Waals surface area contributed by atoms with Crippen LogP contribution in [0.25, 0.3) is 10.2 Å². The van der Waals surface area contributed by atoms with Gasteiger partial charge in [-0.2, -0.15) is 4.31 Å². The highest BCUT2D eigenvalue weighted by molar-refractivity contribution is 7.89. The molecule has 0 unspecified atom stereocenters. The fourth-order valence-electron chi connectivity index (χ4n) is 3.92. The largest absolute Gasteiger partial charge is 0.279 e. The maximum atomic E-state index is 13.8. The van der Waals surface area contributed by atoms with Gasteiger partial charge in [-0.3, -0.25) is 9.69 Å². The van der Waals surface area contributed by atoms with Crippen molar-refractivity contribution in [3.05, 3.63) is 115 Å². The Kier molecular flexibility index (Phi) is 8.33. The number of hydrogen-bond donors (Lipinski definition) is 0. The molecule has 0 fully saturated rings. The first-order valence-electron chi connectivity index (χ1n) is 11.9. The molecule has 3 aromatic carbocycles. The minimum atomic E-state index is -3.76. The molecule has 0 spiro atoms. The summed E-state index contributed by atoms with van der Waals surface area (Å²) in [5.41, 5.74) is 3.40. The molecular formula is C29H29N3O3S2. The molecule has 0 saturated heterocycles. The number of thiazole rings is 1. The third-order valence-electron chi connectivity index (χ3n) is 5.91. The van der Waals surface area contributed by atoms with Crippen molar-refractivity contribution < 1.29 is 13.2 Å². The fraction of sp³-hybridized carbons (Fsp3) is 0.172. The van der Waals surface area contributed by atoms with Crippen LogP contribution in [0.2, 0.25) is 0 Å². The Morgan fingerprint density at radius 2 is 1.62 bits per heavy atom. The lowest BCUT2D eigenvalue weighted by atomic mass is 10.1. The van der Waals surface area contributed by atoms with E-state index in [-0.39, 0.29) is 23.9 Å². The molecule has 0 aliphatic carbocycles. The molecule has 0 atom stereocenters. The van der Waals surface area contributed by atoms with E-state index in [1.807, 2.05) is 36.4 Å². The van der Waals surface area contributed by atoms with Crippen LogP contribution in [-0.2, 0) is 23.0 Å². The maximum absolute atomic E-state index is 13.8. The van der Waals surface area contributed by atoms with Crippen molar-refractivity contribution in [3.8, 4) is 0 Å². The van der Waals surface area contributed by atoms with Gasteiger partial charge in [0.25, 0.3) is 5.91 Å². The second-order valence-electron chi connectivity index (χ2n) is 8.45. The number of aryl methyl sites for hydroxylation is 1. The third-order valence-corrected chi connectivity index (χ3v) is 8.80. The van der Waals surface area contributed by atoms with Crippen molar-refractivity contribution in [1.29, 1.82) is 0 Å². The number of aromatic nitrogens is 1. The highest BCUT2D eigenvalue weighted by Crippen LogP contribution is 2.32. The van der Waals surface area contributed by atoms with Gasteiger partial charge in [-0.15, -0.1) is 13.2 Å². The van der Waals surface area contributed by atoms with Crippen molar-refractivity contribution >= 4 is 42.6 Å². The number of rotatable bonds is 11. The molecule has 0 aliphatic rings. The minimum Gasteiger partial charge on any atom is -0.279 e. The van der Waals surface area contributed by atoms with E-state index in [4.69, 9.17) is 4.98 Å². The van der Waals surface area contributed by atoms with Crippen LogP contribution in [0.15, 0.2) is 103 Å². The standard InChI is InChI=1S/C29H29N3O3S2/c1-4-18-31(19-5-2)37(34,35)25-15-13-24(14-16-25)28(33)32(21-23-10-8-7-9-11-23)29-30-26-17-12-22(6-3)20-27(26)36-29/h4-5,7-17,20H,1-2,6,18-19,21H2,3H3. The number of sulfonamides is 1. The van der Waals surface area contributed by atoms with Gasteiger partial charge in [0.2, 0.25) is 10.0 Å². The number of anilines is 1. The van der Waals surface area contributed by atoms with Gasteiger partial charge in [0.15, 0.2) is 5.13 Å². The predicted octanol–water partition coefficient (Wildman–Crippen LogP) is 6.07. The Labute approximate surface area is 222 Å². The molecule has 190 valence electrons. The van der Waals surface area contributed by atoms with Crippen LogP contribution in [0.3, 0.4) is 0 Å². The monoisotopic (exact) mass is 531 g/mol. The Hall–Kier alpha value is -3.59. The summed E-state index contributed by atoms with van der Waals surface area (Å²) in [7, 11) is -3.76. The van der Waals surface area contributed by atoms with Crippen LogP contribution in [0, 0.1) is 0 Å². The molecule has 6 nitrogen and oxygen atoms in total. The summed E-state index contributed by atoms with van der Waals surface area (Å²) in [4.78, 5) is 20.3. The number of fused-ring (bicyclic) bond motifs is 1. The summed E-state index contributed by atoms with van der Waals surface area (Å²) in [5, 5.41) is 0.594. The zero-order chi connectivity index (χ0) is 26.4. The first-order chi connectivity index (χ1) is 17.9. The van der Waals surface area contributed by atoms with Crippen molar-refractivity contribution in [3.63, 3.8) is 0 Å². The van der Waals surface area contributed by atoms with Gasteiger partial charge in [0.05, 0.1) is 21.7 Å². The SMILES string of the molecule is C=CCN(CC=C)S(=O)(=O)c1ccc(C(=O)N(Cc2ccccc2)c2nc3ccc(CC)cc3s2)cc1. The highest BCUT2D eigenvalue weighted by atomic mass is 32.2. The minimum absolute atomic E-state index is 0.106. The number of hydrogen-bond acceptors (Lipinski definition) is 5. The number of benzene rings is 3. The van der Waals surface area contributed by atoms with Crippen LogP contribution >= 0.6 is 11.3 Å². The molecule has 4 aromatic rings. The van der Waals surface area contributed by atoms with Gasteiger partial charge in [-0.25, -0.2) is 13.4 Å². The van der Waals surface area contributed by atoms with E-state index >= 15 is 0 Å². The van der Waals surface area contributed by atoms with Gasteiger partial charge in [0, 0.05) is 18.7 Å². The first-order valence-corrected chi connectivity index (χ1v) is 14.2. The molecule has 1 aromatic heterocycles. The second-order valence-corrected chi connectivity index (χ2v) is 11.4. The van der Waals surface area contributed by atoms with E-state index in [2.05, 4.69) is 32.2 Å². The van der Waals surface area contributed by atoms with Crippen LogP contribution in [0.1, 0.15) is 28.4 Å². The smallest absolute Gasteiger partial charge is 0.260 e. The topological polar surface area (TPSA) is 70.6 Å². The predicted molar refractivity (Wildman–Crippen MR) is 152 cm³/mol. The van der Waals surface area contributed by atoms with E-state index in [0.717, 1.165) is 22.2 Å². The van der Waals surface area contributed by atoms with Gasteiger partial charge in [0.1, 0.15) is 0 Å². The van der Waals surface area contributed by atoms with Gasteiger partial charge >= 0.3 is 0 Å². The Morgan fingerprint density at radius 3 is 2.24 bits per heavy atom. The van der Waals surface area contributed by atoms with E-state index in [1.165, 1.54) is 45.5 Å². The summed E-state index contributed by atoms with van der Waals surface area (Å²) in [6.07, 6.45) is 3.98. The lowest BCUT2D eigenvalue weighted by molar-refractivity contribution is 0.0985. The Morgan fingerprint density at radius 1 is 0.946 bits per heavy atom. The van der Waals surface area contributed by atoms with Gasteiger partial charge in [-0.05, 0) is 53.9 Å². The molecule has 8 heteroatoms. The average molecular weight is 532 g/mol.